The maximum Gasteiger partial charge on any atom is 0.0924 e. The first-order chi connectivity index (χ1) is 8.22. The summed E-state index contributed by atoms with van der Waals surface area (Å²) >= 11 is 0. The van der Waals surface area contributed by atoms with Gasteiger partial charge in [-0.2, -0.15) is 0 Å². The van der Waals surface area contributed by atoms with Crippen LogP contribution in [0.3, 0.4) is 0 Å². The first-order valence-corrected chi connectivity index (χ1v) is 6.36. The SMILES string of the molecule is CCN(C1CC1)C(CC(=N)N)c1ccccc1. The third-order valence-corrected chi connectivity index (χ3v) is 3.38. The fraction of sp³-hybridized carbons (Fsp3) is 0.500. The van der Waals surface area contributed by atoms with Gasteiger partial charge < -0.3 is 5.73 Å². The zero-order chi connectivity index (χ0) is 12.3. The monoisotopic (exact) mass is 231 g/mol. The van der Waals surface area contributed by atoms with Crippen molar-refractivity contribution in [2.75, 3.05) is 6.54 Å². The van der Waals surface area contributed by atoms with Crippen LogP contribution in [0.15, 0.2) is 30.3 Å². The molecule has 1 aliphatic carbocycles. The summed E-state index contributed by atoms with van der Waals surface area (Å²) in [5.74, 6) is 0.276. The minimum Gasteiger partial charge on any atom is -0.388 e. The van der Waals surface area contributed by atoms with E-state index in [-0.39, 0.29) is 11.9 Å². The molecule has 17 heavy (non-hydrogen) atoms. The van der Waals surface area contributed by atoms with Gasteiger partial charge in [-0.3, -0.25) is 10.3 Å². The molecule has 0 spiro atoms. The Balaban J connectivity index is 2.20. The second-order valence-corrected chi connectivity index (χ2v) is 4.72. The summed E-state index contributed by atoms with van der Waals surface area (Å²) in [5, 5.41) is 7.55. The second kappa shape index (κ2) is 5.32. The Morgan fingerprint density at radius 3 is 2.53 bits per heavy atom. The number of hydrogen-bond donors (Lipinski definition) is 2. The molecule has 0 amide bonds. The molecule has 0 bridgehead atoms. The van der Waals surface area contributed by atoms with Crippen LogP contribution in [0.5, 0.6) is 0 Å². The first kappa shape index (κ1) is 12.1. The Kier molecular flexibility index (Phi) is 3.79. The van der Waals surface area contributed by atoms with Gasteiger partial charge in [-0.1, -0.05) is 37.3 Å². The summed E-state index contributed by atoms with van der Waals surface area (Å²) in [7, 11) is 0. The average molecular weight is 231 g/mol. The Hall–Kier alpha value is -1.35. The fourth-order valence-corrected chi connectivity index (χ4v) is 2.45. The predicted octanol–water partition coefficient (Wildman–Crippen LogP) is 2.54. The summed E-state index contributed by atoms with van der Waals surface area (Å²) < 4.78 is 0. The topological polar surface area (TPSA) is 53.1 Å². The van der Waals surface area contributed by atoms with Gasteiger partial charge in [-0.25, -0.2) is 0 Å². The van der Waals surface area contributed by atoms with Gasteiger partial charge in [-0.05, 0) is 24.9 Å². The molecule has 1 aromatic rings. The predicted molar refractivity (Wildman–Crippen MR) is 71.1 cm³/mol. The summed E-state index contributed by atoms with van der Waals surface area (Å²) in [6.45, 7) is 3.21. The molecule has 2 rings (SSSR count). The van der Waals surface area contributed by atoms with Gasteiger partial charge in [0.15, 0.2) is 0 Å². The lowest BCUT2D eigenvalue weighted by molar-refractivity contribution is 0.201. The number of nitrogens with two attached hydrogens (primary N) is 1. The minimum atomic E-state index is 0.270. The van der Waals surface area contributed by atoms with Gasteiger partial charge in [0.05, 0.1) is 5.84 Å². The number of benzene rings is 1. The van der Waals surface area contributed by atoms with E-state index in [0.29, 0.717) is 12.5 Å². The van der Waals surface area contributed by atoms with E-state index in [2.05, 4.69) is 36.1 Å². The first-order valence-electron chi connectivity index (χ1n) is 6.36. The van der Waals surface area contributed by atoms with E-state index in [1.807, 2.05) is 6.07 Å². The van der Waals surface area contributed by atoms with Crippen LogP contribution in [-0.2, 0) is 0 Å². The molecule has 0 aliphatic heterocycles. The van der Waals surface area contributed by atoms with E-state index in [9.17, 15) is 0 Å². The molecule has 92 valence electrons. The van der Waals surface area contributed by atoms with Crippen molar-refractivity contribution < 1.29 is 0 Å². The zero-order valence-electron chi connectivity index (χ0n) is 10.4. The molecule has 0 saturated heterocycles. The minimum absolute atomic E-state index is 0.270. The average Bonchev–Trinajstić information content (AvgIpc) is 3.14. The van der Waals surface area contributed by atoms with Crippen molar-refractivity contribution in [1.82, 2.24) is 4.90 Å². The molecule has 1 fully saturated rings. The summed E-state index contributed by atoms with van der Waals surface area (Å²) in [5.41, 5.74) is 6.87. The maximum atomic E-state index is 7.55. The van der Waals surface area contributed by atoms with Gasteiger partial charge in [-0.15, -0.1) is 0 Å². The van der Waals surface area contributed by atoms with Crippen LogP contribution in [0.1, 0.15) is 37.8 Å². The van der Waals surface area contributed by atoms with Crippen LogP contribution in [0, 0.1) is 5.41 Å². The van der Waals surface area contributed by atoms with E-state index >= 15 is 0 Å². The van der Waals surface area contributed by atoms with Crippen LogP contribution in [0.2, 0.25) is 0 Å². The van der Waals surface area contributed by atoms with Gasteiger partial charge in [0.25, 0.3) is 0 Å². The number of nitrogens with zero attached hydrogens (tertiary/aromatic N) is 1. The normalized spacial score (nSPS) is 17.1. The molecule has 3 N–H and O–H groups in total. The third kappa shape index (κ3) is 3.07. The van der Waals surface area contributed by atoms with Crippen molar-refractivity contribution in [1.29, 1.82) is 5.41 Å². The van der Waals surface area contributed by atoms with Crippen LogP contribution < -0.4 is 5.73 Å². The summed E-state index contributed by atoms with van der Waals surface area (Å²) in [4.78, 5) is 2.48. The second-order valence-electron chi connectivity index (χ2n) is 4.72. The molecule has 0 aromatic heterocycles. The number of amidine groups is 1. The molecular formula is C14H21N3. The zero-order valence-corrected chi connectivity index (χ0v) is 10.4. The third-order valence-electron chi connectivity index (χ3n) is 3.38. The van der Waals surface area contributed by atoms with Crippen LogP contribution in [-0.4, -0.2) is 23.3 Å². The number of nitrogens with one attached hydrogen (secondary N) is 1. The van der Waals surface area contributed by atoms with Crippen LogP contribution in [0.25, 0.3) is 0 Å². The number of hydrogen-bond acceptors (Lipinski definition) is 2. The molecule has 1 saturated carbocycles. The van der Waals surface area contributed by atoms with Crippen molar-refractivity contribution >= 4 is 5.84 Å². The van der Waals surface area contributed by atoms with Gasteiger partial charge >= 0.3 is 0 Å². The molecular weight excluding hydrogens is 210 g/mol. The quantitative estimate of drug-likeness (QED) is 0.584. The Morgan fingerprint density at radius 1 is 1.41 bits per heavy atom. The van der Waals surface area contributed by atoms with Gasteiger partial charge in [0, 0.05) is 18.5 Å². The molecule has 0 radical (unpaired) electrons. The molecule has 1 unspecified atom stereocenters. The molecule has 3 heteroatoms. The standard InChI is InChI=1S/C14H21N3/c1-2-17(12-8-9-12)13(10-14(15)16)11-6-4-3-5-7-11/h3-7,12-13H,2,8-10H2,1H3,(H3,15,16). The van der Waals surface area contributed by atoms with E-state index in [0.717, 1.165) is 6.54 Å². The van der Waals surface area contributed by atoms with Gasteiger partial charge in [0.1, 0.15) is 0 Å². The van der Waals surface area contributed by atoms with Crippen molar-refractivity contribution in [2.24, 2.45) is 5.73 Å². The van der Waals surface area contributed by atoms with Crippen molar-refractivity contribution in [2.45, 2.75) is 38.3 Å². The lowest BCUT2D eigenvalue weighted by atomic mass is 10.0. The van der Waals surface area contributed by atoms with Crippen LogP contribution >= 0.6 is 0 Å². The van der Waals surface area contributed by atoms with Crippen molar-refractivity contribution in [3.63, 3.8) is 0 Å². The molecule has 1 atom stereocenters. The van der Waals surface area contributed by atoms with Crippen LogP contribution in [0.4, 0.5) is 0 Å². The van der Waals surface area contributed by atoms with Gasteiger partial charge in [0.2, 0.25) is 0 Å². The Morgan fingerprint density at radius 2 is 2.06 bits per heavy atom. The number of rotatable bonds is 6. The lowest BCUT2D eigenvalue weighted by Crippen LogP contribution is -2.33. The van der Waals surface area contributed by atoms with E-state index in [1.54, 1.807) is 0 Å². The fourth-order valence-electron chi connectivity index (χ4n) is 2.45. The van der Waals surface area contributed by atoms with E-state index in [1.165, 1.54) is 18.4 Å². The summed E-state index contributed by atoms with van der Waals surface area (Å²) in [6.07, 6.45) is 3.21. The van der Waals surface area contributed by atoms with Crippen molar-refractivity contribution in [3.05, 3.63) is 35.9 Å². The highest BCUT2D eigenvalue weighted by atomic mass is 15.2. The Labute approximate surface area is 103 Å². The largest absolute Gasteiger partial charge is 0.388 e. The molecule has 3 nitrogen and oxygen atoms in total. The highest BCUT2D eigenvalue weighted by Gasteiger charge is 2.33. The smallest absolute Gasteiger partial charge is 0.0924 e. The Bertz CT molecular complexity index is 370. The highest BCUT2D eigenvalue weighted by molar-refractivity contribution is 5.77. The summed E-state index contributed by atoms with van der Waals surface area (Å²) in [6, 6.07) is 11.4. The lowest BCUT2D eigenvalue weighted by Gasteiger charge is -2.31. The van der Waals surface area contributed by atoms with E-state index in [4.69, 9.17) is 11.1 Å². The molecule has 0 heterocycles. The maximum absolute atomic E-state index is 7.55. The molecule has 1 aliphatic rings. The van der Waals surface area contributed by atoms with E-state index < -0.39 is 0 Å². The molecule has 1 aromatic carbocycles. The highest BCUT2D eigenvalue weighted by Crippen LogP contribution is 2.35. The van der Waals surface area contributed by atoms with Crippen molar-refractivity contribution in [3.8, 4) is 0 Å².